The van der Waals surface area contributed by atoms with E-state index in [4.69, 9.17) is 5.11 Å². The Kier molecular flexibility index (Phi) is 3.74. The van der Waals surface area contributed by atoms with Gasteiger partial charge in [-0.25, -0.2) is 4.79 Å². The molecule has 0 aromatic heterocycles. The van der Waals surface area contributed by atoms with Gasteiger partial charge in [0.2, 0.25) is 0 Å². The van der Waals surface area contributed by atoms with E-state index in [9.17, 15) is 9.90 Å². The Bertz CT molecular complexity index is 385. The van der Waals surface area contributed by atoms with Crippen molar-refractivity contribution in [3.63, 3.8) is 0 Å². The van der Waals surface area contributed by atoms with Crippen LogP contribution in [-0.4, -0.2) is 22.7 Å². The summed E-state index contributed by atoms with van der Waals surface area (Å²) in [5, 5.41) is 21.1. The number of phenols is 1. The van der Waals surface area contributed by atoms with Crippen molar-refractivity contribution >= 4 is 11.7 Å². The van der Waals surface area contributed by atoms with Crippen LogP contribution >= 0.6 is 0 Å². The van der Waals surface area contributed by atoms with Crippen LogP contribution in [0.2, 0.25) is 0 Å². The Hall–Kier alpha value is -1.97. The van der Waals surface area contributed by atoms with E-state index < -0.39 is 5.97 Å². The number of nitrogens with one attached hydrogen (secondary N) is 1. The molecule has 0 saturated carbocycles. The third-order valence-electron chi connectivity index (χ3n) is 1.89. The maximum absolute atomic E-state index is 10.6. The molecular formula is C11H13NO3. The maximum atomic E-state index is 10.6. The summed E-state index contributed by atoms with van der Waals surface area (Å²) in [7, 11) is 0. The summed E-state index contributed by atoms with van der Waals surface area (Å²) in [5.74, 6) is -1.36. The van der Waals surface area contributed by atoms with Crippen LogP contribution in [0.1, 0.15) is 17.3 Å². The van der Waals surface area contributed by atoms with E-state index in [-0.39, 0.29) is 11.3 Å². The van der Waals surface area contributed by atoms with Crippen LogP contribution in [0.25, 0.3) is 0 Å². The third-order valence-corrected chi connectivity index (χ3v) is 1.89. The number of anilines is 1. The van der Waals surface area contributed by atoms with Crippen molar-refractivity contribution in [3.05, 3.63) is 35.9 Å². The van der Waals surface area contributed by atoms with Crippen LogP contribution in [0.4, 0.5) is 5.69 Å². The first kappa shape index (κ1) is 11.1. The smallest absolute Gasteiger partial charge is 0.339 e. The standard InChI is InChI=1S/C11H13NO3/c1-2-3-6-12-8-4-5-9(11(14)15)10(13)7-8/h2-5,7,12-13H,6H2,1H3,(H,14,15). The van der Waals surface area contributed by atoms with Gasteiger partial charge in [-0.3, -0.25) is 0 Å². The van der Waals surface area contributed by atoms with Gasteiger partial charge in [-0.2, -0.15) is 0 Å². The number of hydrogen-bond acceptors (Lipinski definition) is 3. The minimum atomic E-state index is -1.13. The summed E-state index contributed by atoms with van der Waals surface area (Å²) in [6.45, 7) is 2.55. The lowest BCUT2D eigenvalue weighted by Gasteiger charge is -2.05. The van der Waals surface area contributed by atoms with Gasteiger partial charge in [0, 0.05) is 18.3 Å². The summed E-state index contributed by atoms with van der Waals surface area (Å²) < 4.78 is 0. The quantitative estimate of drug-likeness (QED) is 0.661. The lowest BCUT2D eigenvalue weighted by molar-refractivity contribution is 0.0694. The molecule has 3 N–H and O–H groups in total. The minimum absolute atomic E-state index is 0.0911. The molecule has 0 unspecified atom stereocenters. The highest BCUT2D eigenvalue weighted by Gasteiger charge is 2.08. The zero-order valence-electron chi connectivity index (χ0n) is 8.40. The van der Waals surface area contributed by atoms with E-state index in [0.717, 1.165) is 0 Å². The predicted molar refractivity (Wildman–Crippen MR) is 58.4 cm³/mol. The first-order valence-corrected chi connectivity index (χ1v) is 4.56. The van der Waals surface area contributed by atoms with Crippen LogP contribution in [0, 0.1) is 0 Å². The summed E-state index contributed by atoms with van der Waals surface area (Å²) in [5.41, 5.74) is 0.599. The second-order valence-corrected chi connectivity index (χ2v) is 2.99. The van der Waals surface area contributed by atoms with Crippen molar-refractivity contribution in [1.82, 2.24) is 0 Å². The second kappa shape index (κ2) is 5.05. The molecule has 0 aliphatic rings. The van der Waals surface area contributed by atoms with Gasteiger partial charge in [0.05, 0.1) is 0 Å². The topological polar surface area (TPSA) is 69.6 Å². The number of aromatic hydroxyl groups is 1. The van der Waals surface area contributed by atoms with Crippen molar-refractivity contribution in [3.8, 4) is 5.75 Å². The number of allylic oxidation sites excluding steroid dienone is 1. The number of carboxylic acid groups (broad SMARTS) is 1. The largest absolute Gasteiger partial charge is 0.507 e. The van der Waals surface area contributed by atoms with E-state index in [1.165, 1.54) is 12.1 Å². The van der Waals surface area contributed by atoms with Gasteiger partial charge in [-0.1, -0.05) is 12.2 Å². The normalized spacial score (nSPS) is 10.5. The highest BCUT2D eigenvalue weighted by atomic mass is 16.4. The monoisotopic (exact) mass is 207 g/mol. The SMILES string of the molecule is CC=CCNc1ccc(C(=O)O)c(O)c1. The lowest BCUT2D eigenvalue weighted by Crippen LogP contribution is -2.00. The fourth-order valence-electron chi connectivity index (χ4n) is 1.12. The van der Waals surface area contributed by atoms with E-state index >= 15 is 0 Å². The highest BCUT2D eigenvalue weighted by Crippen LogP contribution is 2.21. The first-order valence-electron chi connectivity index (χ1n) is 4.56. The van der Waals surface area contributed by atoms with Crippen molar-refractivity contribution in [2.75, 3.05) is 11.9 Å². The fraction of sp³-hybridized carbons (Fsp3) is 0.182. The molecule has 0 bridgehead atoms. The average Bonchev–Trinajstić information content (AvgIpc) is 2.17. The highest BCUT2D eigenvalue weighted by molar-refractivity contribution is 5.91. The minimum Gasteiger partial charge on any atom is -0.507 e. The van der Waals surface area contributed by atoms with Crippen molar-refractivity contribution in [1.29, 1.82) is 0 Å². The van der Waals surface area contributed by atoms with Gasteiger partial charge in [0.25, 0.3) is 0 Å². The Morgan fingerprint density at radius 1 is 1.53 bits per heavy atom. The number of hydrogen-bond donors (Lipinski definition) is 3. The van der Waals surface area contributed by atoms with Gasteiger partial charge in [0.15, 0.2) is 0 Å². The molecule has 4 nitrogen and oxygen atoms in total. The van der Waals surface area contributed by atoms with E-state index in [1.54, 1.807) is 6.07 Å². The zero-order valence-corrected chi connectivity index (χ0v) is 8.40. The van der Waals surface area contributed by atoms with Crippen LogP contribution < -0.4 is 5.32 Å². The fourth-order valence-corrected chi connectivity index (χ4v) is 1.12. The molecule has 1 aromatic rings. The van der Waals surface area contributed by atoms with Crippen LogP contribution in [0.15, 0.2) is 30.4 Å². The third kappa shape index (κ3) is 3.02. The molecule has 0 saturated heterocycles. The first-order chi connectivity index (χ1) is 7.15. The van der Waals surface area contributed by atoms with Gasteiger partial charge >= 0.3 is 5.97 Å². The average molecular weight is 207 g/mol. The maximum Gasteiger partial charge on any atom is 0.339 e. The Balaban J connectivity index is 2.77. The zero-order chi connectivity index (χ0) is 11.3. The molecule has 1 aromatic carbocycles. The van der Waals surface area contributed by atoms with Crippen LogP contribution in [-0.2, 0) is 0 Å². The second-order valence-electron chi connectivity index (χ2n) is 2.99. The number of carboxylic acids is 1. The number of aromatic carboxylic acids is 1. The summed E-state index contributed by atoms with van der Waals surface area (Å²) in [6, 6.07) is 4.38. The van der Waals surface area contributed by atoms with E-state index in [0.29, 0.717) is 12.2 Å². The summed E-state index contributed by atoms with van der Waals surface area (Å²) in [4.78, 5) is 10.6. The molecule has 0 amide bonds. The molecule has 0 atom stereocenters. The summed E-state index contributed by atoms with van der Waals surface area (Å²) in [6.07, 6.45) is 3.82. The molecule has 80 valence electrons. The number of rotatable bonds is 4. The molecule has 0 fully saturated rings. The predicted octanol–water partition coefficient (Wildman–Crippen LogP) is 2.08. The molecule has 4 heteroatoms. The molecule has 1 rings (SSSR count). The van der Waals surface area contributed by atoms with E-state index in [2.05, 4.69) is 5.32 Å². The van der Waals surface area contributed by atoms with Gasteiger partial charge in [-0.05, 0) is 19.1 Å². The molecule has 0 spiro atoms. The van der Waals surface area contributed by atoms with Gasteiger partial charge < -0.3 is 15.5 Å². The molecule has 0 aliphatic carbocycles. The number of carbonyl (C=O) groups is 1. The number of benzene rings is 1. The van der Waals surface area contributed by atoms with Crippen molar-refractivity contribution in [2.45, 2.75) is 6.92 Å². The molecule has 15 heavy (non-hydrogen) atoms. The van der Waals surface area contributed by atoms with E-state index in [1.807, 2.05) is 19.1 Å². The van der Waals surface area contributed by atoms with Crippen LogP contribution in [0.3, 0.4) is 0 Å². The molecular weight excluding hydrogens is 194 g/mol. The Labute approximate surface area is 87.9 Å². The molecule has 0 heterocycles. The van der Waals surface area contributed by atoms with Crippen LogP contribution in [0.5, 0.6) is 5.75 Å². The Morgan fingerprint density at radius 2 is 2.27 bits per heavy atom. The summed E-state index contributed by atoms with van der Waals surface area (Å²) >= 11 is 0. The lowest BCUT2D eigenvalue weighted by atomic mass is 10.2. The van der Waals surface area contributed by atoms with Gasteiger partial charge in [0.1, 0.15) is 11.3 Å². The molecule has 0 aliphatic heterocycles. The van der Waals surface area contributed by atoms with Crippen molar-refractivity contribution in [2.24, 2.45) is 0 Å². The Morgan fingerprint density at radius 3 is 2.80 bits per heavy atom. The van der Waals surface area contributed by atoms with Gasteiger partial charge in [-0.15, -0.1) is 0 Å². The molecule has 0 radical (unpaired) electrons. The van der Waals surface area contributed by atoms with Crippen molar-refractivity contribution < 1.29 is 15.0 Å².